The zero-order chi connectivity index (χ0) is 46.7. The SMILES string of the molecule is CCN(CC)C1=CC(=O)/C(=N/Nc2ccc(Nc3ccc(N/N=C4/C(=O)c5c(cc(S(=O)(=O)O)c(N=Nc6ccc([N+](=O)[O-])cc6)c5N)C=C4S(=O)(=O)O)cc3S(=O)(=O)O)cc2)C=C1. The van der Waals surface area contributed by atoms with Crippen LogP contribution >= 0.6 is 0 Å². The number of anilines is 5. The van der Waals surface area contributed by atoms with Crippen LogP contribution in [0.1, 0.15) is 29.8 Å². The van der Waals surface area contributed by atoms with Gasteiger partial charge in [-0.2, -0.15) is 40.6 Å². The molecule has 2 aliphatic carbocycles. The molecule has 2 aliphatic rings. The van der Waals surface area contributed by atoms with E-state index in [-0.39, 0.29) is 34.2 Å². The van der Waals surface area contributed by atoms with Crippen LogP contribution in [0.4, 0.5) is 45.5 Å². The van der Waals surface area contributed by atoms with Gasteiger partial charge in [-0.1, -0.05) is 0 Å². The molecule has 0 aromatic heterocycles. The van der Waals surface area contributed by atoms with Crippen molar-refractivity contribution in [2.75, 3.05) is 35.0 Å². The van der Waals surface area contributed by atoms with Crippen LogP contribution in [0.2, 0.25) is 0 Å². The number of non-ortho nitro benzene ring substituents is 1. The fraction of sp³-hybridized carbons (Fsp3) is 0.105. The van der Waals surface area contributed by atoms with Crippen LogP contribution in [-0.4, -0.2) is 84.8 Å². The van der Waals surface area contributed by atoms with E-state index in [1.54, 1.807) is 24.3 Å². The number of nitro benzene ring substituents is 1. The van der Waals surface area contributed by atoms with E-state index in [2.05, 4.69) is 36.6 Å². The van der Waals surface area contributed by atoms with Crippen molar-refractivity contribution in [1.29, 1.82) is 0 Å². The van der Waals surface area contributed by atoms with Gasteiger partial charge in [0.25, 0.3) is 36.0 Å². The number of hydrogen-bond acceptors (Lipinski definition) is 19. The molecule has 0 radical (unpaired) electrons. The molecule has 4 aromatic rings. The molecule has 332 valence electrons. The fourth-order valence-electron chi connectivity index (χ4n) is 6.16. The number of benzene rings is 4. The van der Waals surface area contributed by atoms with Gasteiger partial charge in [-0.25, -0.2) is 0 Å². The standard InChI is InChI=1S/C38H34N10O13S3/c1-3-47(4-2)27-14-16-28(30(49)20-27)44-41-23-7-5-22(6-8-23)40-29-15-11-25(19-31(29)62(53,54)55)43-46-37-33(64(59,60)61)18-21-17-32(63(56,57)58)36(35(39)34(21)38(37)50)45-42-24-9-12-26(13-10-24)48(51)52/h5-20,40-41,43H,3-4,39H2,1-2H3,(H,53,54,55)(H,56,57,58)(H,59,60,61)/b44-28+,45-42?,46-37+. The van der Waals surface area contributed by atoms with E-state index in [1.807, 2.05) is 18.7 Å². The summed E-state index contributed by atoms with van der Waals surface area (Å²) in [7, 11) is -15.5. The van der Waals surface area contributed by atoms with Crippen LogP contribution in [0.25, 0.3) is 6.08 Å². The van der Waals surface area contributed by atoms with E-state index >= 15 is 0 Å². The quantitative estimate of drug-likeness (QED) is 0.0183. The van der Waals surface area contributed by atoms with Crippen molar-refractivity contribution >= 4 is 105 Å². The molecule has 23 nitrogen and oxygen atoms in total. The monoisotopic (exact) mass is 934 g/mol. The Bertz CT molecular complexity index is 3140. The Kier molecular flexibility index (Phi) is 13.0. The number of nitro groups is 1. The van der Waals surface area contributed by atoms with Crippen molar-refractivity contribution in [2.45, 2.75) is 23.6 Å². The van der Waals surface area contributed by atoms with Crippen LogP contribution in [-0.2, 0) is 35.1 Å². The minimum atomic E-state index is -5.33. The van der Waals surface area contributed by atoms with Crippen molar-refractivity contribution in [3.8, 4) is 0 Å². The lowest BCUT2D eigenvalue weighted by Gasteiger charge is -2.23. The van der Waals surface area contributed by atoms with E-state index in [1.165, 1.54) is 30.3 Å². The van der Waals surface area contributed by atoms with Crippen LogP contribution in [0.5, 0.6) is 0 Å². The number of nitrogens with one attached hydrogen (secondary N) is 3. The lowest BCUT2D eigenvalue weighted by atomic mass is 9.92. The van der Waals surface area contributed by atoms with Gasteiger partial charge in [0.15, 0.2) is 5.71 Å². The molecule has 0 saturated heterocycles. The number of allylic oxidation sites excluding steroid dienone is 4. The second-order valence-electron chi connectivity index (χ2n) is 13.4. The number of nitrogens with zero attached hydrogens (tertiary/aromatic N) is 6. The average molecular weight is 935 g/mol. The molecule has 6 rings (SSSR count). The predicted octanol–water partition coefficient (Wildman–Crippen LogP) is 5.86. The Morgan fingerprint density at radius 3 is 1.92 bits per heavy atom. The molecule has 0 fully saturated rings. The van der Waals surface area contributed by atoms with Crippen molar-refractivity contribution in [3.63, 3.8) is 0 Å². The molecule has 26 heteroatoms. The van der Waals surface area contributed by atoms with Crippen LogP contribution in [0, 0.1) is 10.1 Å². The Hall–Kier alpha value is -7.49. The Morgan fingerprint density at radius 1 is 0.734 bits per heavy atom. The minimum absolute atomic E-state index is 0.0489. The maximum atomic E-state index is 13.9. The third-order valence-electron chi connectivity index (χ3n) is 9.27. The maximum Gasteiger partial charge on any atom is 0.296 e. The predicted molar refractivity (Wildman–Crippen MR) is 235 cm³/mol. The number of hydrogen-bond donors (Lipinski definition) is 7. The van der Waals surface area contributed by atoms with Gasteiger partial charge in [0.2, 0.25) is 11.6 Å². The van der Waals surface area contributed by atoms with Gasteiger partial charge in [0.05, 0.1) is 38.9 Å². The molecule has 0 unspecified atom stereocenters. The largest absolute Gasteiger partial charge is 0.396 e. The summed E-state index contributed by atoms with van der Waals surface area (Å²) in [6, 6.07) is 14.6. The number of azo groups is 1. The molecular formula is C38H34N10O13S3. The number of carbonyl (C=O) groups is 2. The van der Waals surface area contributed by atoms with E-state index < -0.39 is 84.0 Å². The molecule has 0 bridgehead atoms. The average Bonchev–Trinajstić information content (AvgIpc) is 3.22. The first kappa shape index (κ1) is 46.0. The van der Waals surface area contributed by atoms with Gasteiger partial charge in [-0.3, -0.25) is 44.2 Å². The maximum absolute atomic E-state index is 13.9. The van der Waals surface area contributed by atoms with Crippen molar-refractivity contribution in [2.24, 2.45) is 20.4 Å². The minimum Gasteiger partial charge on any atom is -0.396 e. The Balaban J connectivity index is 1.27. The molecule has 0 aliphatic heterocycles. The molecule has 64 heavy (non-hydrogen) atoms. The number of carbonyl (C=O) groups excluding carboxylic acids is 2. The summed E-state index contributed by atoms with van der Waals surface area (Å²) in [5.74, 6) is -1.62. The van der Waals surface area contributed by atoms with Gasteiger partial charge >= 0.3 is 0 Å². The van der Waals surface area contributed by atoms with Gasteiger partial charge in [0.1, 0.15) is 26.1 Å². The van der Waals surface area contributed by atoms with Crippen molar-refractivity contribution in [1.82, 2.24) is 4.90 Å². The van der Waals surface area contributed by atoms with E-state index in [0.29, 0.717) is 23.5 Å². The number of ketones is 2. The number of nitrogen functional groups attached to an aromatic ring is 1. The number of fused-ring (bicyclic) bond motifs is 1. The van der Waals surface area contributed by atoms with Gasteiger partial charge in [-0.15, -0.1) is 5.11 Å². The highest BCUT2D eigenvalue weighted by molar-refractivity contribution is 7.91. The highest BCUT2D eigenvalue weighted by Crippen LogP contribution is 2.41. The summed E-state index contributed by atoms with van der Waals surface area (Å²) in [6.07, 6.45) is 5.50. The zero-order valence-corrected chi connectivity index (χ0v) is 35.5. The summed E-state index contributed by atoms with van der Waals surface area (Å²) in [6.45, 7) is 5.40. The van der Waals surface area contributed by atoms with Gasteiger partial charge < -0.3 is 16.0 Å². The summed E-state index contributed by atoms with van der Waals surface area (Å²) in [5.41, 5.74) is 8.58. The molecule has 0 amide bonds. The Morgan fingerprint density at radius 2 is 1.34 bits per heavy atom. The van der Waals surface area contributed by atoms with Crippen LogP contribution in [0.15, 0.2) is 132 Å². The fourth-order valence-corrected chi connectivity index (χ4v) is 8.17. The molecule has 4 aromatic carbocycles. The smallest absolute Gasteiger partial charge is 0.296 e. The molecule has 0 atom stereocenters. The lowest BCUT2D eigenvalue weighted by Crippen LogP contribution is -2.28. The number of rotatable bonds is 15. The normalized spacial score (nSPS) is 15.5. The van der Waals surface area contributed by atoms with Crippen molar-refractivity contribution < 1.29 is 53.4 Å². The van der Waals surface area contributed by atoms with Crippen LogP contribution in [0.3, 0.4) is 0 Å². The third kappa shape index (κ3) is 10.2. The van der Waals surface area contributed by atoms with E-state index in [4.69, 9.17) is 5.73 Å². The first-order valence-electron chi connectivity index (χ1n) is 18.3. The van der Waals surface area contributed by atoms with E-state index in [0.717, 1.165) is 49.1 Å². The number of likely N-dealkylation sites (N-methyl/N-ethyl adjacent to an activating group) is 1. The summed E-state index contributed by atoms with van der Waals surface area (Å²) >= 11 is 0. The topological polar surface area (TPSA) is 355 Å². The zero-order valence-electron chi connectivity index (χ0n) is 33.1. The summed E-state index contributed by atoms with van der Waals surface area (Å²) < 4.78 is 105. The van der Waals surface area contributed by atoms with Gasteiger partial charge in [0, 0.05) is 42.7 Å². The number of nitrogens with two attached hydrogens (primary N) is 1. The van der Waals surface area contributed by atoms with Gasteiger partial charge in [-0.05, 0) is 98.3 Å². The molecule has 0 saturated carbocycles. The second kappa shape index (κ2) is 18.1. The van der Waals surface area contributed by atoms with Crippen LogP contribution < -0.4 is 21.9 Å². The van der Waals surface area contributed by atoms with Crippen molar-refractivity contribution in [3.05, 3.63) is 123 Å². The molecular weight excluding hydrogens is 901 g/mol. The number of Topliss-reactive ketones (excluding diaryl/α,β-unsaturated/α-hetero) is 1. The summed E-state index contributed by atoms with van der Waals surface area (Å²) in [4.78, 5) is 35.9. The third-order valence-corrected chi connectivity index (χ3v) is 11.9. The first-order valence-corrected chi connectivity index (χ1v) is 22.6. The van der Waals surface area contributed by atoms with E-state index in [9.17, 15) is 58.6 Å². The number of hydrazone groups is 2. The summed E-state index contributed by atoms with van der Waals surface area (Å²) in [5, 5.41) is 29.3. The molecule has 0 spiro atoms. The Labute approximate surface area is 363 Å². The second-order valence-corrected chi connectivity index (χ2v) is 17.5. The first-order chi connectivity index (χ1) is 30.1. The lowest BCUT2D eigenvalue weighted by molar-refractivity contribution is -0.384. The molecule has 8 N–H and O–H groups in total. The highest BCUT2D eigenvalue weighted by atomic mass is 32.2. The molecule has 0 heterocycles. The highest BCUT2D eigenvalue weighted by Gasteiger charge is 2.37.